The van der Waals surface area contributed by atoms with E-state index in [1.165, 1.54) is 30.4 Å². The Morgan fingerprint density at radius 2 is 1.86 bits per heavy atom. The fourth-order valence-corrected chi connectivity index (χ4v) is 3.22. The number of aryl methyl sites for hydroxylation is 1. The van der Waals surface area contributed by atoms with Gasteiger partial charge >= 0.3 is 0 Å². The first-order valence-corrected chi connectivity index (χ1v) is 8.18. The van der Waals surface area contributed by atoms with Crippen LogP contribution in [0.4, 0.5) is 0 Å². The van der Waals surface area contributed by atoms with E-state index in [2.05, 4.69) is 67.0 Å². The highest BCUT2D eigenvalue weighted by atomic mass is 14.9. The first-order chi connectivity index (χ1) is 10.4. The summed E-state index contributed by atoms with van der Waals surface area (Å²) in [5.74, 6) is 0.833. The second-order valence-electron chi connectivity index (χ2n) is 6.16. The fourth-order valence-electron chi connectivity index (χ4n) is 3.22. The Balaban J connectivity index is 1.63. The summed E-state index contributed by atoms with van der Waals surface area (Å²) in [7, 11) is 2.06. The number of hydrogen-bond donors (Lipinski definition) is 1. The SMILES string of the molecule is CNC(CCc1cccc(C2CCC2)c1)c1ccccc1. The van der Waals surface area contributed by atoms with Crippen LogP contribution in [-0.2, 0) is 6.42 Å². The van der Waals surface area contributed by atoms with Crippen molar-refractivity contribution in [2.75, 3.05) is 7.05 Å². The molecule has 1 N–H and O–H groups in total. The van der Waals surface area contributed by atoms with E-state index in [1.807, 2.05) is 0 Å². The van der Waals surface area contributed by atoms with Gasteiger partial charge in [-0.15, -0.1) is 0 Å². The predicted octanol–water partition coefficient (Wildman–Crippen LogP) is 4.85. The Kier molecular flexibility index (Phi) is 4.72. The second kappa shape index (κ2) is 6.91. The molecule has 0 amide bonds. The standard InChI is InChI=1S/C20H25N/c1-21-20(18-8-3-2-4-9-18)14-13-16-7-5-12-19(15-16)17-10-6-11-17/h2-5,7-9,12,15,17,20-21H,6,10-11,13-14H2,1H3. The maximum absolute atomic E-state index is 3.45. The van der Waals surface area contributed by atoms with E-state index < -0.39 is 0 Å². The molecule has 1 atom stereocenters. The Hall–Kier alpha value is -1.60. The average molecular weight is 279 g/mol. The largest absolute Gasteiger partial charge is 0.313 e. The summed E-state index contributed by atoms with van der Waals surface area (Å²) in [6.45, 7) is 0. The highest BCUT2D eigenvalue weighted by Crippen LogP contribution is 2.36. The maximum Gasteiger partial charge on any atom is 0.0320 e. The zero-order chi connectivity index (χ0) is 14.5. The van der Waals surface area contributed by atoms with E-state index in [0.29, 0.717) is 6.04 Å². The summed E-state index contributed by atoms with van der Waals surface area (Å²) in [5, 5.41) is 3.45. The lowest BCUT2D eigenvalue weighted by Crippen LogP contribution is -2.17. The van der Waals surface area contributed by atoms with Gasteiger partial charge in [0, 0.05) is 6.04 Å². The first-order valence-electron chi connectivity index (χ1n) is 8.18. The molecular formula is C20H25N. The number of hydrogen-bond acceptors (Lipinski definition) is 1. The van der Waals surface area contributed by atoms with Crippen LogP contribution in [0.3, 0.4) is 0 Å². The van der Waals surface area contributed by atoms with Gasteiger partial charge in [-0.05, 0) is 55.3 Å². The zero-order valence-corrected chi connectivity index (χ0v) is 12.9. The van der Waals surface area contributed by atoms with Crippen molar-refractivity contribution in [3.8, 4) is 0 Å². The molecule has 1 aliphatic rings. The molecule has 2 aromatic carbocycles. The Bertz CT molecular complexity index is 557. The molecule has 110 valence electrons. The maximum atomic E-state index is 3.45. The Morgan fingerprint density at radius 3 is 2.52 bits per heavy atom. The third-order valence-corrected chi connectivity index (χ3v) is 4.80. The smallest absolute Gasteiger partial charge is 0.0320 e. The van der Waals surface area contributed by atoms with Crippen LogP contribution in [-0.4, -0.2) is 7.05 Å². The highest BCUT2D eigenvalue weighted by molar-refractivity contribution is 5.28. The van der Waals surface area contributed by atoms with Gasteiger partial charge in [-0.25, -0.2) is 0 Å². The molecule has 2 aromatic rings. The van der Waals surface area contributed by atoms with Crippen molar-refractivity contribution in [3.63, 3.8) is 0 Å². The molecule has 1 unspecified atom stereocenters. The Labute approximate surface area is 128 Å². The molecule has 0 aromatic heterocycles. The van der Waals surface area contributed by atoms with Crippen LogP contribution in [0.25, 0.3) is 0 Å². The summed E-state index contributed by atoms with van der Waals surface area (Å²) in [5.41, 5.74) is 4.42. The lowest BCUT2D eigenvalue weighted by Gasteiger charge is -2.26. The van der Waals surface area contributed by atoms with E-state index in [-0.39, 0.29) is 0 Å². The number of rotatable bonds is 6. The quantitative estimate of drug-likeness (QED) is 0.797. The normalized spacial score (nSPS) is 16.4. The van der Waals surface area contributed by atoms with Crippen LogP contribution in [0.2, 0.25) is 0 Å². The summed E-state index contributed by atoms with van der Waals surface area (Å²) in [6.07, 6.45) is 6.46. The lowest BCUT2D eigenvalue weighted by molar-refractivity contribution is 0.419. The molecule has 0 bridgehead atoms. The highest BCUT2D eigenvalue weighted by Gasteiger charge is 2.19. The van der Waals surface area contributed by atoms with Crippen LogP contribution in [0.1, 0.15) is 54.3 Å². The molecule has 0 aliphatic heterocycles. The van der Waals surface area contributed by atoms with Gasteiger partial charge in [0.1, 0.15) is 0 Å². The van der Waals surface area contributed by atoms with Crippen LogP contribution < -0.4 is 5.32 Å². The second-order valence-corrected chi connectivity index (χ2v) is 6.16. The third-order valence-electron chi connectivity index (χ3n) is 4.80. The molecular weight excluding hydrogens is 254 g/mol. The van der Waals surface area contributed by atoms with E-state index >= 15 is 0 Å². The molecule has 1 saturated carbocycles. The molecule has 1 nitrogen and oxygen atoms in total. The minimum absolute atomic E-state index is 0.443. The third kappa shape index (κ3) is 3.54. The zero-order valence-electron chi connectivity index (χ0n) is 12.9. The summed E-state index contributed by atoms with van der Waals surface area (Å²) in [6, 6.07) is 20.4. The van der Waals surface area contributed by atoms with E-state index in [9.17, 15) is 0 Å². The topological polar surface area (TPSA) is 12.0 Å². The molecule has 1 heteroatoms. The van der Waals surface area contributed by atoms with Crippen molar-refractivity contribution in [1.82, 2.24) is 5.32 Å². The molecule has 0 spiro atoms. The lowest BCUT2D eigenvalue weighted by atomic mass is 9.79. The van der Waals surface area contributed by atoms with Crippen molar-refractivity contribution < 1.29 is 0 Å². The van der Waals surface area contributed by atoms with Crippen LogP contribution in [0.15, 0.2) is 54.6 Å². The molecule has 0 radical (unpaired) electrons. The first kappa shape index (κ1) is 14.3. The van der Waals surface area contributed by atoms with Crippen molar-refractivity contribution in [2.24, 2.45) is 0 Å². The minimum Gasteiger partial charge on any atom is -0.313 e. The predicted molar refractivity (Wildman–Crippen MR) is 89.6 cm³/mol. The van der Waals surface area contributed by atoms with Gasteiger partial charge in [0.2, 0.25) is 0 Å². The number of nitrogens with one attached hydrogen (secondary N) is 1. The van der Waals surface area contributed by atoms with Gasteiger partial charge in [-0.3, -0.25) is 0 Å². The molecule has 1 aliphatic carbocycles. The van der Waals surface area contributed by atoms with Gasteiger partial charge in [0.15, 0.2) is 0 Å². The van der Waals surface area contributed by atoms with Crippen molar-refractivity contribution >= 4 is 0 Å². The molecule has 3 rings (SSSR count). The summed E-state index contributed by atoms with van der Waals surface area (Å²) < 4.78 is 0. The van der Waals surface area contributed by atoms with Gasteiger partial charge in [0.25, 0.3) is 0 Å². The molecule has 0 saturated heterocycles. The van der Waals surface area contributed by atoms with Crippen LogP contribution in [0, 0.1) is 0 Å². The monoisotopic (exact) mass is 279 g/mol. The van der Waals surface area contributed by atoms with Crippen molar-refractivity contribution in [1.29, 1.82) is 0 Å². The van der Waals surface area contributed by atoms with Crippen molar-refractivity contribution in [2.45, 2.75) is 44.1 Å². The summed E-state index contributed by atoms with van der Waals surface area (Å²) >= 11 is 0. The van der Waals surface area contributed by atoms with E-state index in [4.69, 9.17) is 0 Å². The minimum atomic E-state index is 0.443. The van der Waals surface area contributed by atoms with Crippen molar-refractivity contribution in [3.05, 3.63) is 71.3 Å². The molecule has 0 heterocycles. The number of benzene rings is 2. The molecule has 1 fully saturated rings. The van der Waals surface area contributed by atoms with Gasteiger partial charge < -0.3 is 5.32 Å². The van der Waals surface area contributed by atoms with Crippen LogP contribution in [0.5, 0.6) is 0 Å². The fraction of sp³-hybridized carbons (Fsp3) is 0.400. The van der Waals surface area contributed by atoms with E-state index in [1.54, 1.807) is 5.56 Å². The van der Waals surface area contributed by atoms with Gasteiger partial charge in [-0.1, -0.05) is 61.0 Å². The average Bonchev–Trinajstić information content (AvgIpc) is 2.48. The Morgan fingerprint density at radius 1 is 1.05 bits per heavy atom. The van der Waals surface area contributed by atoms with Gasteiger partial charge in [0.05, 0.1) is 0 Å². The van der Waals surface area contributed by atoms with Gasteiger partial charge in [-0.2, -0.15) is 0 Å². The summed E-state index contributed by atoms with van der Waals surface area (Å²) in [4.78, 5) is 0. The molecule has 21 heavy (non-hydrogen) atoms. The van der Waals surface area contributed by atoms with Crippen LogP contribution >= 0.6 is 0 Å². The van der Waals surface area contributed by atoms with E-state index in [0.717, 1.165) is 18.8 Å².